The molecule has 33 heavy (non-hydrogen) atoms. The van der Waals surface area contributed by atoms with Crippen LogP contribution in [0.3, 0.4) is 0 Å². The van der Waals surface area contributed by atoms with E-state index in [1.807, 2.05) is 11.0 Å². The van der Waals surface area contributed by atoms with E-state index in [4.69, 9.17) is 4.74 Å². The van der Waals surface area contributed by atoms with Crippen molar-refractivity contribution in [2.24, 2.45) is 11.3 Å². The number of halogens is 3. The highest BCUT2D eigenvalue weighted by Crippen LogP contribution is 2.47. The van der Waals surface area contributed by atoms with E-state index < -0.39 is 17.2 Å². The van der Waals surface area contributed by atoms with Crippen molar-refractivity contribution >= 4 is 11.5 Å². The molecular formula is C26H35F3N2O2. The fourth-order valence-electron chi connectivity index (χ4n) is 5.80. The number of nitrogens with one attached hydrogen (secondary N) is 1. The number of carbonyl (C=O) groups excluding carboxylic acids is 1. The lowest BCUT2D eigenvalue weighted by molar-refractivity contribution is -0.144. The Morgan fingerprint density at radius 2 is 1.88 bits per heavy atom. The molecule has 2 fully saturated rings. The van der Waals surface area contributed by atoms with Crippen molar-refractivity contribution in [1.29, 1.82) is 0 Å². The summed E-state index contributed by atoms with van der Waals surface area (Å²) in [7, 11) is 0. The van der Waals surface area contributed by atoms with Crippen molar-refractivity contribution in [3.63, 3.8) is 0 Å². The van der Waals surface area contributed by atoms with E-state index in [0.29, 0.717) is 37.2 Å². The summed E-state index contributed by atoms with van der Waals surface area (Å²) in [6.07, 6.45) is 2.55. The SMILES string of the molecule is CC(C)[C@]1(C(=O)N2CC=C(c3ccccc3C(F)(F)F)CC2)CCC(NC2CCOCC2)C1. The molecule has 1 unspecified atom stereocenters. The summed E-state index contributed by atoms with van der Waals surface area (Å²) in [5, 5.41) is 3.76. The second-order valence-electron chi connectivity index (χ2n) is 10.1. The maximum atomic E-state index is 13.7. The number of hydrogen-bond donors (Lipinski definition) is 1. The number of carbonyl (C=O) groups is 1. The molecule has 7 heteroatoms. The van der Waals surface area contributed by atoms with E-state index in [1.54, 1.807) is 6.07 Å². The molecule has 2 atom stereocenters. The van der Waals surface area contributed by atoms with Gasteiger partial charge in [-0.1, -0.05) is 38.1 Å². The van der Waals surface area contributed by atoms with E-state index in [9.17, 15) is 18.0 Å². The van der Waals surface area contributed by atoms with Gasteiger partial charge >= 0.3 is 6.18 Å². The number of rotatable bonds is 5. The van der Waals surface area contributed by atoms with Crippen molar-refractivity contribution < 1.29 is 22.7 Å². The van der Waals surface area contributed by atoms with Crippen LogP contribution < -0.4 is 5.32 Å². The van der Waals surface area contributed by atoms with Gasteiger partial charge in [0.25, 0.3) is 0 Å². The first-order chi connectivity index (χ1) is 15.7. The fourth-order valence-corrected chi connectivity index (χ4v) is 5.80. The highest BCUT2D eigenvalue weighted by Gasteiger charge is 2.49. The van der Waals surface area contributed by atoms with E-state index >= 15 is 0 Å². The molecule has 1 saturated carbocycles. The minimum Gasteiger partial charge on any atom is -0.381 e. The maximum Gasteiger partial charge on any atom is 0.416 e. The van der Waals surface area contributed by atoms with Crippen molar-refractivity contribution in [3.05, 3.63) is 41.5 Å². The lowest BCUT2D eigenvalue weighted by Gasteiger charge is -2.39. The van der Waals surface area contributed by atoms with Crippen molar-refractivity contribution in [2.45, 2.75) is 70.6 Å². The number of hydrogen-bond acceptors (Lipinski definition) is 3. The summed E-state index contributed by atoms with van der Waals surface area (Å²) in [5.41, 5.74) is -0.0984. The number of nitrogens with zero attached hydrogens (tertiary/aromatic N) is 1. The Kier molecular flexibility index (Phi) is 7.20. The van der Waals surface area contributed by atoms with Gasteiger partial charge in [0.05, 0.1) is 11.0 Å². The average Bonchev–Trinajstić information content (AvgIpc) is 3.24. The highest BCUT2D eigenvalue weighted by molar-refractivity contribution is 5.85. The zero-order valence-electron chi connectivity index (χ0n) is 19.6. The van der Waals surface area contributed by atoms with Gasteiger partial charge in [0.2, 0.25) is 5.91 Å². The number of benzene rings is 1. The van der Waals surface area contributed by atoms with Crippen LogP contribution in [0.4, 0.5) is 13.2 Å². The zero-order chi connectivity index (χ0) is 23.6. The van der Waals surface area contributed by atoms with Gasteiger partial charge in [0.1, 0.15) is 0 Å². The molecule has 3 aliphatic rings. The first kappa shape index (κ1) is 24.3. The summed E-state index contributed by atoms with van der Waals surface area (Å²) in [5.74, 6) is 0.371. The molecule has 1 aromatic rings. The number of ether oxygens (including phenoxy) is 1. The van der Waals surface area contributed by atoms with Gasteiger partial charge in [0, 0.05) is 38.4 Å². The molecule has 2 heterocycles. The quantitative estimate of drug-likeness (QED) is 0.644. The van der Waals surface area contributed by atoms with Crippen molar-refractivity contribution in [1.82, 2.24) is 10.2 Å². The second kappa shape index (κ2) is 9.79. The van der Waals surface area contributed by atoms with Gasteiger partial charge in [-0.15, -0.1) is 0 Å². The molecule has 0 aromatic heterocycles. The molecule has 2 aliphatic heterocycles. The van der Waals surface area contributed by atoms with Crippen LogP contribution in [0, 0.1) is 11.3 Å². The minimum absolute atomic E-state index is 0.160. The molecule has 1 N–H and O–H groups in total. The fraction of sp³-hybridized carbons (Fsp3) is 0.654. The van der Waals surface area contributed by atoms with Crippen LogP contribution in [0.1, 0.15) is 63.5 Å². The molecule has 1 amide bonds. The Morgan fingerprint density at radius 1 is 1.15 bits per heavy atom. The van der Waals surface area contributed by atoms with Gasteiger partial charge in [0.15, 0.2) is 0 Å². The Hall–Kier alpha value is -1.86. The third kappa shape index (κ3) is 5.14. The second-order valence-corrected chi connectivity index (χ2v) is 10.1. The largest absolute Gasteiger partial charge is 0.416 e. The lowest BCUT2D eigenvalue weighted by atomic mass is 9.74. The van der Waals surface area contributed by atoms with E-state index in [2.05, 4.69) is 19.2 Å². The first-order valence-electron chi connectivity index (χ1n) is 12.2. The van der Waals surface area contributed by atoms with Gasteiger partial charge in [-0.25, -0.2) is 0 Å². The molecular weight excluding hydrogens is 429 g/mol. The average molecular weight is 465 g/mol. The minimum atomic E-state index is -4.39. The van der Waals surface area contributed by atoms with Crippen molar-refractivity contribution in [2.75, 3.05) is 26.3 Å². The third-order valence-electron chi connectivity index (χ3n) is 7.85. The van der Waals surface area contributed by atoms with Gasteiger partial charge < -0.3 is 15.0 Å². The molecule has 4 rings (SSSR count). The molecule has 1 aliphatic carbocycles. The lowest BCUT2D eigenvalue weighted by Crippen LogP contribution is -2.48. The summed E-state index contributed by atoms with van der Waals surface area (Å²) < 4.78 is 45.8. The van der Waals surface area contributed by atoms with E-state index in [-0.39, 0.29) is 17.4 Å². The zero-order valence-corrected chi connectivity index (χ0v) is 19.6. The summed E-state index contributed by atoms with van der Waals surface area (Å²) in [6, 6.07) is 6.51. The van der Waals surface area contributed by atoms with Gasteiger partial charge in [-0.05, 0) is 61.6 Å². The van der Waals surface area contributed by atoms with Crippen LogP contribution in [0.25, 0.3) is 5.57 Å². The summed E-state index contributed by atoms with van der Waals surface area (Å²) in [4.78, 5) is 15.6. The van der Waals surface area contributed by atoms with Gasteiger partial charge in [-0.2, -0.15) is 13.2 Å². The Bertz CT molecular complexity index is 877. The van der Waals surface area contributed by atoms with Gasteiger partial charge in [-0.3, -0.25) is 4.79 Å². The van der Waals surface area contributed by atoms with Crippen LogP contribution in [0.2, 0.25) is 0 Å². The van der Waals surface area contributed by atoms with Crippen molar-refractivity contribution in [3.8, 4) is 0 Å². The molecule has 0 spiro atoms. The predicted molar refractivity (Wildman–Crippen MR) is 123 cm³/mol. The predicted octanol–water partition coefficient (Wildman–Crippen LogP) is 5.28. The normalized spacial score (nSPS) is 27.2. The van der Waals surface area contributed by atoms with Crippen LogP contribution in [-0.2, 0) is 15.7 Å². The smallest absolute Gasteiger partial charge is 0.381 e. The van der Waals surface area contributed by atoms with Crippen LogP contribution in [0.5, 0.6) is 0 Å². The summed E-state index contributed by atoms with van der Waals surface area (Å²) in [6.45, 7) is 6.66. The Balaban J connectivity index is 1.45. The van der Waals surface area contributed by atoms with Crippen LogP contribution >= 0.6 is 0 Å². The molecule has 1 saturated heterocycles. The highest BCUT2D eigenvalue weighted by atomic mass is 19.4. The number of amides is 1. The Labute approximate surface area is 194 Å². The maximum absolute atomic E-state index is 13.7. The molecule has 1 aromatic carbocycles. The Morgan fingerprint density at radius 3 is 2.52 bits per heavy atom. The van der Waals surface area contributed by atoms with Crippen LogP contribution in [0.15, 0.2) is 30.3 Å². The third-order valence-corrected chi connectivity index (χ3v) is 7.85. The number of alkyl halides is 3. The van der Waals surface area contributed by atoms with E-state index in [1.165, 1.54) is 12.1 Å². The molecule has 0 bridgehead atoms. The van der Waals surface area contributed by atoms with E-state index in [0.717, 1.165) is 51.4 Å². The topological polar surface area (TPSA) is 41.6 Å². The summed E-state index contributed by atoms with van der Waals surface area (Å²) >= 11 is 0. The molecule has 182 valence electrons. The standard InChI is InChI=1S/C26H35F3N2O2/c1-18(2)25(12-7-21(17-25)30-20-10-15-33-16-11-20)24(32)31-13-8-19(9-14-31)22-5-3-4-6-23(22)26(27,28)29/h3-6,8,18,20-21,30H,7,9-17H2,1-2H3/t21?,25-/m0/s1. The van der Waals surface area contributed by atoms with Crippen LogP contribution in [-0.4, -0.2) is 49.2 Å². The molecule has 0 radical (unpaired) electrons. The monoisotopic (exact) mass is 464 g/mol. The first-order valence-corrected chi connectivity index (χ1v) is 12.2. The molecule has 4 nitrogen and oxygen atoms in total.